The van der Waals surface area contributed by atoms with E-state index < -0.39 is 0 Å². The Balaban J connectivity index is 0.00000128. The summed E-state index contributed by atoms with van der Waals surface area (Å²) < 4.78 is 10.8. The zero-order valence-electron chi connectivity index (χ0n) is 8.98. The van der Waals surface area contributed by atoms with E-state index in [9.17, 15) is 0 Å². The SMILES string of the molecule is [N].[N].c1ccc(O[Si]Oc2ccccc2)cc1. The van der Waals surface area contributed by atoms with Crippen LogP contribution in [-0.4, -0.2) is 10.0 Å². The number of para-hydroxylation sites is 2. The maximum atomic E-state index is 5.42. The van der Waals surface area contributed by atoms with Crippen molar-refractivity contribution in [1.29, 1.82) is 0 Å². The van der Waals surface area contributed by atoms with E-state index in [2.05, 4.69) is 0 Å². The van der Waals surface area contributed by atoms with Crippen molar-refractivity contribution in [1.82, 2.24) is 12.3 Å². The summed E-state index contributed by atoms with van der Waals surface area (Å²) in [5.74, 6) is 1.65. The molecule has 0 atom stereocenters. The van der Waals surface area contributed by atoms with Crippen LogP contribution in [0.1, 0.15) is 0 Å². The lowest BCUT2D eigenvalue weighted by molar-refractivity contribution is 0.459. The van der Waals surface area contributed by atoms with Crippen LogP contribution in [0.3, 0.4) is 0 Å². The summed E-state index contributed by atoms with van der Waals surface area (Å²) in [7, 11) is -0.0129. The standard InChI is InChI=1S/C12H10O2Si.2N/c1-3-7-11(8-4-1)13-15-14-12-9-5-2-6-10-12;;/h1-10H;;. The van der Waals surface area contributed by atoms with Crippen molar-refractivity contribution in [3.8, 4) is 11.5 Å². The number of nitrogens with zero attached hydrogens (tertiary/aromatic N) is 2. The normalized spacial score (nSPS) is 8.47. The molecule has 0 spiro atoms. The molecule has 2 rings (SSSR count). The molecule has 5 heteroatoms. The molecule has 0 aliphatic heterocycles. The average molecular weight is 242 g/mol. The molecule has 0 aromatic heterocycles. The summed E-state index contributed by atoms with van der Waals surface area (Å²) in [6.45, 7) is 0. The molecule has 0 aliphatic rings. The van der Waals surface area contributed by atoms with E-state index in [0.29, 0.717) is 0 Å². The molecule has 0 saturated heterocycles. The van der Waals surface area contributed by atoms with Gasteiger partial charge in [-0.25, -0.2) is 0 Å². The predicted molar refractivity (Wildman–Crippen MR) is 64.2 cm³/mol. The molecule has 84 valence electrons. The van der Waals surface area contributed by atoms with E-state index in [1.54, 1.807) is 0 Å². The monoisotopic (exact) mass is 242 g/mol. The second kappa shape index (κ2) is 8.34. The van der Waals surface area contributed by atoms with Crippen LogP contribution in [-0.2, 0) is 0 Å². The second-order valence-corrected chi connectivity index (χ2v) is 3.49. The van der Waals surface area contributed by atoms with Crippen molar-refractivity contribution < 1.29 is 8.85 Å². The van der Waals surface area contributed by atoms with E-state index in [0.717, 1.165) is 11.5 Å². The Morgan fingerprint density at radius 1 is 0.588 bits per heavy atom. The van der Waals surface area contributed by atoms with Crippen molar-refractivity contribution in [2.45, 2.75) is 0 Å². The van der Waals surface area contributed by atoms with Gasteiger partial charge in [-0.1, -0.05) is 36.4 Å². The van der Waals surface area contributed by atoms with Crippen LogP contribution in [0.4, 0.5) is 0 Å². The zero-order valence-corrected chi connectivity index (χ0v) is 9.98. The molecule has 0 saturated carbocycles. The summed E-state index contributed by atoms with van der Waals surface area (Å²) >= 11 is 0. The molecule has 0 bridgehead atoms. The summed E-state index contributed by atoms with van der Waals surface area (Å²) in [6.07, 6.45) is 0. The minimum atomic E-state index is -0.0129. The molecule has 8 radical (unpaired) electrons. The first-order chi connectivity index (χ1) is 7.45. The smallest absolute Gasteiger partial charge is 0.508 e. The van der Waals surface area contributed by atoms with Gasteiger partial charge in [-0.2, -0.15) is 0 Å². The van der Waals surface area contributed by atoms with Gasteiger partial charge in [-0.05, 0) is 24.3 Å². The van der Waals surface area contributed by atoms with Crippen molar-refractivity contribution in [3.05, 3.63) is 60.7 Å². The molecule has 0 N–H and O–H groups in total. The lowest BCUT2D eigenvalue weighted by Gasteiger charge is -2.05. The van der Waals surface area contributed by atoms with Crippen LogP contribution in [0.5, 0.6) is 11.5 Å². The van der Waals surface area contributed by atoms with Crippen molar-refractivity contribution in [3.63, 3.8) is 0 Å². The third kappa shape index (κ3) is 5.16. The molecule has 4 nitrogen and oxygen atoms in total. The minimum Gasteiger partial charge on any atom is -0.508 e. The molecule has 2 aromatic rings. The highest BCUT2D eigenvalue weighted by Crippen LogP contribution is 2.10. The van der Waals surface area contributed by atoms with Gasteiger partial charge in [0.05, 0.1) is 0 Å². The fourth-order valence-corrected chi connectivity index (χ4v) is 1.60. The van der Waals surface area contributed by atoms with E-state index in [1.807, 2.05) is 60.7 Å². The summed E-state index contributed by atoms with van der Waals surface area (Å²) in [5.41, 5.74) is 0. The molecular formula is C12H10N2O2Si. The molecular weight excluding hydrogens is 232 g/mol. The Kier molecular flexibility index (Phi) is 7.45. The van der Waals surface area contributed by atoms with Crippen molar-refractivity contribution in [2.75, 3.05) is 0 Å². The third-order valence-electron chi connectivity index (χ3n) is 1.81. The lowest BCUT2D eigenvalue weighted by atomic mass is 10.3. The van der Waals surface area contributed by atoms with Crippen LogP contribution in [0.25, 0.3) is 0 Å². The Morgan fingerprint density at radius 3 is 1.29 bits per heavy atom. The largest absolute Gasteiger partial charge is 0.610 e. The van der Waals surface area contributed by atoms with Crippen LogP contribution < -0.4 is 21.2 Å². The highest BCUT2D eigenvalue weighted by Gasteiger charge is 1.98. The average Bonchev–Trinajstić information content (AvgIpc) is 2.32. The van der Waals surface area contributed by atoms with Crippen molar-refractivity contribution in [2.24, 2.45) is 0 Å². The molecule has 0 amide bonds. The Labute approximate surface area is 104 Å². The first-order valence-corrected chi connectivity index (χ1v) is 5.45. The number of hydrogen-bond acceptors (Lipinski definition) is 2. The van der Waals surface area contributed by atoms with Gasteiger partial charge in [0.1, 0.15) is 11.5 Å². The van der Waals surface area contributed by atoms with E-state index in [4.69, 9.17) is 8.85 Å². The van der Waals surface area contributed by atoms with Crippen LogP contribution >= 0.6 is 0 Å². The second-order valence-electron chi connectivity index (χ2n) is 2.91. The Hall–Kier alpha value is -1.82. The van der Waals surface area contributed by atoms with Gasteiger partial charge in [0.15, 0.2) is 0 Å². The minimum absolute atomic E-state index is 0. The molecule has 0 aliphatic carbocycles. The fraction of sp³-hybridized carbons (Fsp3) is 0. The molecule has 0 unspecified atom stereocenters. The molecule has 0 fully saturated rings. The van der Waals surface area contributed by atoms with E-state index in [1.165, 1.54) is 0 Å². The van der Waals surface area contributed by atoms with Crippen LogP contribution in [0.15, 0.2) is 60.7 Å². The van der Waals surface area contributed by atoms with Gasteiger partial charge in [0, 0.05) is 12.3 Å². The fourth-order valence-electron chi connectivity index (χ4n) is 1.09. The van der Waals surface area contributed by atoms with E-state index in [-0.39, 0.29) is 22.3 Å². The number of hydrogen-bond donors (Lipinski definition) is 0. The summed E-state index contributed by atoms with van der Waals surface area (Å²) in [5, 5.41) is 0. The predicted octanol–water partition coefficient (Wildman–Crippen LogP) is 1.72. The van der Waals surface area contributed by atoms with Crippen molar-refractivity contribution >= 4 is 10.0 Å². The van der Waals surface area contributed by atoms with E-state index >= 15 is 0 Å². The first-order valence-electron chi connectivity index (χ1n) is 4.64. The number of rotatable bonds is 4. The molecule has 0 heterocycles. The first kappa shape index (κ1) is 15.2. The van der Waals surface area contributed by atoms with Gasteiger partial charge in [-0.15, -0.1) is 0 Å². The maximum absolute atomic E-state index is 5.42. The van der Waals surface area contributed by atoms with Gasteiger partial charge in [0.2, 0.25) is 0 Å². The lowest BCUT2D eigenvalue weighted by Crippen LogP contribution is -2.10. The highest BCUT2D eigenvalue weighted by atomic mass is 28.3. The van der Waals surface area contributed by atoms with Gasteiger partial charge < -0.3 is 8.85 Å². The molecule has 17 heavy (non-hydrogen) atoms. The van der Waals surface area contributed by atoms with Gasteiger partial charge in [-0.3, -0.25) is 0 Å². The topological polar surface area (TPSA) is 79.5 Å². The quantitative estimate of drug-likeness (QED) is 0.765. The number of benzene rings is 2. The van der Waals surface area contributed by atoms with Crippen LogP contribution in [0.2, 0.25) is 0 Å². The van der Waals surface area contributed by atoms with Crippen LogP contribution in [0, 0.1) is 0 Å². The zero-order chi connectivity index (χ0) is 10.3. The van der Waals surface area contributed by atoms with Gasteiger partial charge in [0.25, 0.3) is 0 Å². The summed E-state index contributed by atoms with van der Waals surface area (Å²) in [6, 6.07) is 19.3. The Bertz CT molecular complexity index is 358. The van der Waals surface area contributed by atoms with Gasteiger partial charge >= 0.3 is 10.0 Å². The third-order valence-corrected chi connectivity index (χ3v) is 2.44. The highest BCUT2D eigenvalue weighted by molar-refractivity contribution is 6.20. The maximum Gasteiger partial charge on any atom is 0.610 e. The molecule has 2 aromatic carbocycles. The Morgan fingerprint density at radius 2 is 0.941 bits per heavy atom. The summed E-state index contributed by atoms with van der Waals surface area (Å²) in [4.78, 5) is 0.